The third-order valence-electron chi connectivity index (χ3n) is 13.1. The zero-order valence-electron chi connectivity index (χ0n) is 32.8. The number of primary amides is 1. The molecule has 0 saturated carbocycles. The molecule has 9 rings (SSSR count). The van der Waals surface area contributed by atoms with Gasteiger partial charge in [-0.1, -0.05) is 6.58 Å². The molecule has 5 fully saturated rings. The summed E-state index contributed by atoms with van der Waals surface area (Å²) < 4.78 is 0. The van der Waals surface area contributed by atoms with Crippen molar-refractivity contribution >= 4 is 58.4 Å². The zero-order chi connectivity index (χ0) is 40.3. The summed E-state index contributed by atoms with van der Waals surface area (Å²) in [5.41, 5.74) is 10.0. The molecule has 0 radical (unpaired) electrons. The number of piperidine rings is 3. The number of carbonyl (C=O) groups excluding carboxylic acids is 5. The predicted octanol–water partition coefficient (Wildman–Crippen LogP) is 3.54. The van der Waals surface area contributed by atoms with Gasteiger partial charge in [0.2, 0.25) is 5.91 Å². The van der Waals surface area contributed by atoms with E-state index < -0.39 is 23.8 Å². The number of hydrogen-bond acceptors (Lipinski definition) is 11. The van der Waals surface area contributed by atoms with E-state index >= 15 is 0 Å². The van der Waals surface area contributed by atoms with Gasteiger partial charge in [0.15, 0.2) is 11.5 Å². The monoisotopic (exact) mass is 787 g/mol. The van der Waals surface area contributed by atoms with Crippen LogP contribution in [-0.4, -0.2) is 126 Å². The Bertz CT molecular complexity index is 2200. The summed E-state index contributed by atoms with van der Waals surface area (Å²) in [5, 5.41) is 5.98. The Labute approximate surface area is 337 Å². The van der Waals surface area contributed by atoms with Gasteiger partial charge in [0.05, 0.1) is 23.4 Å². The van der Waals surface area contributed by atoms with Crippen LogP contribution in [0.4, 0.5) is 33.5 Å². The lowest BCUT2D eigenvalue weighted by atomic mass is 9.77. The highest BCUT2D eigenvalue weighted by Gasteiger charge is 2.45. The maximum Gasteiger partial charge on any atom is 0.320 e. The molecule has 16 nitrogen and oxygen atoms in total. The Morgan fingerprint density at radius 2 is 1.60 bits per heavy atom. The summed E-state index contributed by atoms with van der Waals surface area (Å²) in [6.45, 7) is 10.2. The van der Waals surface area contributed by atoms with Gasteiger partial charge in [-0.05, 0) is 92.8 Å². The molecule has 58 heavy (non-hydrogen) atoms. The van der Waals surface area contributed by atoms with Crippen LogP contribution in [0.2, 0.25) is 0 Å². The van der Waals surface area contributed by atoms with Crippen LogP contribution in [-0.2, 0) is 4.79 Å². The molecule has 2 aromatic carbocycles. The first-order valence-electron chi connectivity index (χ1n) is 20.3. The molecule has 3 aromatic rings. The molecule has 6 aliphatic heterocycles. The fraction of sp³-hybridized carbons (Fsp3) is 0.452. The molecule has 1 unspecified atom stereocenters. The number of amides is 6. The molecule has 2 atom stereocenters. The Morgan fingerprint density at radius 3 is 2.31 bits per heavy atom. The van der Waals surface area contributed by atoms with Crippen molar-refractivity contribution in [1.29, 1.82) is 0 Å². The van der Waals surface area contributed by atoms with E-state index in [1.165, 1.54) is 0 Å². The van der Waals surface area contributed by atoms with Crippen molar-refractivity contribution in [3.63, 3.8) is 0 Å². The standard InChI is InChI=1S/C42H49N11O5/c1-26-5-12-33(38(55)45-26)53-39(56)31-11-10-29(22-32(31)40(53)57)51-19-15-42(25-51)13-17-49(18-14-42)28-8-6-27(7-9-28)46-37-35(36(43)54)44-23-34(47-37)50-16-3-4-30(24-50)52-21-20-48(2)41(52)58/h6-11,22-23,30,33H,1,3-5,12-21,24-25H2,2H3,(H2,43,54)(H,45,55)(H,46,47)/t30-,33?/m0/s1. The minimum atomic E-state index is -0.827. The van der Waals surface area contributed by atoms with Gasteiger partial charge in [0.25, 0.3) is 17.7 Å². The van der Waals surface area contributed by atoms with Gasteiger partial charge >= 0.3 is 6.03 Å². The van der Waals surface area contributed by atoms with E-state index in [0.717, 1.165) is 93.3 Å². The molecule has 5 saturated heterocycles. The lowest BCUT2D eigenvalue weighted by Crippen LogP contribution is -2.51. The van der Waals surface area contributed by atoms with Crippen LogP contribution in [0.3, 0.4) is 0 Å². The molecule has 0 bridgehead atoms. The number of nitrogens with two attached hydrogens (primary N) is 1. The zero-order valence-corrected chi connectivity index (χ0v) is 32.8. The van der Waals surface area contributed by atoms with Crippen molar-refractivity contribution in [3.8, 4) is 0 Å². The lowest BCUT2D eigenvalue weighted by molar-refractivity contribution is -0.125. The van der Waals surface area contributed by atoms with E-state index in [1.54, 1.807) is 17.2 Å². The van der Waals surface area contributed by atoms with Gasteiger partial charge in [-0.15, -0.1) is 0 Å². The molecule has 302 valence electrons. The van der Waals surface area contributed by atoms with Gasteiger partial charge in [-0.3, -0.25) is 24.1 Å². The number of likely N-dealkylation sites (N-methyl/N-ethyl adjacent to an activating group) is 1. The maximum atomic E-state index is 13.5. The highest BCUT2D eigenvalue weighted by molar-refractivity contribution is 6.23. The molecule has 16 heteroatoms. The summed E-state index contributed by atoms with van der Waals surface area (Å²) in [4.78, 5) is 85.4. The van der Waals surface area contributed by atoms with Crippen LogP contribution >= 0.6 is 0 Å². The van der Waals surface area contributed by atoms with Crippen molar-refractivity contribution in [2.24, 2.45) is 11.1 Å². The van der Waals surface area contributed by atoms with Crippen molar-refractivity contribution in [2.45, 2.75) is 57.0 Å². The second kappa shape index (κ2) is 14.6. The van der Waals surface area contributed by atoms with Crippen molar-refractivity contribution in [1.82, 2.24) is 30.0 Å². The van der Waals surface area contributed by atoms with Gasteiger partial charge in [-0.2, -0.15) is 0 Å². The van der Waals surface area contributed by atoms with Crippen LogP contribution in [0, 0.1) is 5.41 Å². The van der Waals surface area contributed by atoms with Crippen LogP contribution in [0.15, 0.2) is 60.9 Å². The SMILES string of the molecule is C=C1CCC(N2C(=O)c3ccc(N4CCC5(CCN(c6ccc(Nc7nc(N8CCC[C@H](N9CCN(C)C9=O)C8)cnc7C(N)=O)cc6)CC5)C4)cc3C2=O)C(=O)N1. The van der Waals surface area contributed by atoms with Crippen LogP contribution in [0.25, 0.3) is 0 Å². The number of allylic oxidation sites excluding steroid dienone is 1. The van der Waals surface area contributed by atoms with E-state index in [9.17, 15) is 24.0 Å². The molecule has 1 spiro atoms. The average Bonchev–Trinajstić information content (AvgIpc) is 3.87. The number of benzene rings is 2. The quantitative estimate of drug-likeness (QED) is 0.284. The molecule has 1 aromatic heterocycles. The Hall–Kier alpha value is -6.19. The highest BCUT2D eigenvalue weighted by atomic mass is 16.2. The summed E-state index contributed by atoms with van der Waals surface area (Å²) in [6.07, 6.45) is 7.41. The normalized spacial score (nSPS) is 23.3. The maximum absolute atomic E-state index is 13.5. The number of anilines is 5. The van der Waals surface area contributed by atoms with E-state index in [-0.39, 0.29) is 29.1 Å². The number of aromatic nitrogens is 2. The second-order valence-corrected chi connectivity index (χ2v) is 16.6. The van der Waals surface area contributed by atoms with Crippen molar-refractivity contribution < 1.29 is 24.0 Å². The van der Waals surface area contributed by atoms with Crippen LogP contribution < -0.4 is 31.1 Å². The minimum absolute atomic E-state index is 0.0573. The first-order valence-corrected chi connectivity index (χ1v) is 20.3. The minimum Gasteiger partial charge on any atom is -0.371 e. The van der Waals surface area contributed by atoms with E-state index in [0.29, 0.717) is 54.4 Å². The number of fused-ring (bicyclic) bond motifs is 1. The first kappa shape index (κ1) is 37.4. The Kier molecular flexibility index (Phi) is 9.43. The molecule has 4 N–H and O–H groups in total. The van der Waals surface area contributed by atoms with Gasteiger partial charge in [-0.25, -0.2) is 14.8 Å². The van der Waals surface area contributed by atoms with E-state index in [4.69, 9.17) is 10.7 Å². The van der Waals surface area contributed by atoms with Crippen LogP contribution in [0.1, 0.15) is 76.2 Å². The van der Waals surface area contributed by atoms with Gasteiger partial charge in [0.1, 0.15) is 11.9 Å². The van der Waals surface area contributed by atoms with E-state index in [2.05, 4.69) is 49.0 Å². The van der Waals surface area contributed by atoms with Gasteiger partial charge in [0, 0.05) is 82.2 Å². The molecular formula is C42H49N11O5. The number of carbonyl (C=O) groups is 5. The van der Waals surface area contributed by atoms with Gasteiger partial charge < -0.3 is 40.9 Å². The summed E-state index contributed by atoms with van der Waals surface area (Å²) in [6, 6.07) is 12.9. The second-order valence-electron chi connectivity index (χ2n) is 16.6. The average molecular weight is 788 g/mol. The largest absolute Gasteiger partial charge is 0.371 e. The number of hydrogen-bond donors (Lipinski definition) is 3. The number of nitrogens with zero attached hydrogens (tertiary/aromatic N) is 8. The van der Waals surface area contributed by atoms with Crippen molar-refractivity contribution in [2.75, 3.05) is 79.4 Å². The molecule has 0 aliphatic carbocycles. The molecule has 7 heterocycles. The van der Waals surface area contributed by atoms with E-state index in [1.807, 2.05) is 36.2 Å². The molecule has 6 aliphatic rings. The van der Waals surface area contributed by atoms with Crippen molar-refractivity contribution in [3.05, 3.63) is 77.8 Å². The number of imide groups is 1. The number of rotatable bonds is 8. The summed E-state index contributed by atoms with van der Waals surface area (Å²) in [5.74, 6) is -0.941. The summed E-state index contributed by atoms with van der Waals surface area (Å²) in [7, 11) is 1.83. The Morgan fingerprint density at radius 1 is 0.879 bits per heavy atom. The van der Waals surface area contributed by atoms with Crippen LogP contribution in [0.5, 0.6) is 0 Å². The third-order valence-corrected chi connectivity index (χ3v) is 13.1. The fourth-order valence-electron chi connectivity index (χ4n) is 9.65. The lowest BCUT2D eigenvalue weighted by Gasteiger charge is -2.40. The molecular weight excluding hydrogens is 739 g/mol. The third kappa shape index (κ3) is 6.73. The smallest absolute Gasteiger partial charge is 0.320 e. The predicted molar refractivity (Wildman–Crippen MR) is 218 cm³/mol. The topological polar surface area (TPSA) is 181 Å². The number of nitrogens with one attached hydrogen (secondary N) is 2. The number of urea groups is 1. The molecule has 6 amide bonds. The Balaban J connectivity index is 0.819. The highest BCUT2D eigenvalue weighted by Crippen LogP contribution is 2.44. The fourth-order valence-corrected chi connectivity index (χ4v) is 9.65. The summed E-state index contributed by atoms with van der Waals surface area (Å²) >= 11 is 0. The first-order chi connectivity index (χ1) is 28.0.